The van der Waals surface area contributed by atoms with E-state index in [0.717, 1.165) is 29.6 Å². The number of carbonyl (C=O) groups excluding carboxylic acids is 1. The first-order chi connectivity index (χ1) is 11.9. The summed E-state index contributed by atoms with van der Waals surface area (Å²) in [4.78, 5) is 11.2. The molecule has 0 heterocycles. The fourth-order valence-electron chi connectivity index (χ4n) is 2.64. The van der Waals surface area contributed by atoms with E-state index in [1.54, 1.807) is 13.0 Å². The molecule has 4 nitrogen and oxygen atoms in total. The summed E-state index contributed by atoms with van der Waals surface area (Å²) in [5.74, 6) is -0.275. The van der Waals surface area contributed by atoms with Crippen LogP contribution in [0, 0.1) is 0 Å². The van der Waals surface area contributed by atoms with Crippen molar-refractivity contribution < 1.29 is 19.7 Å². The fraction of sp³-hybridized carbons (Fsp3) is 0.591. The van der Waals surface area contributed by atoms with Crippen LogP contribution in [0.5, 0.6) is 0 Å². The first kappa shape index (κ1) is 24.4. The predicted molar refractivity (Wildman–Crippen MR) is 108 cm³/mol. The molecule has 0 fully saturated rings. The Hall–Kier alpha value is -1.65. The normalized spacial score (nSPS) is 17.1. The van der Waals surface area contributed by atoms with Crippen LogP contribution in [0.25, 0.3) is 0 Å². The molecule has 3 atom stereocenters. The van der Waals surface area contributed by atoms with Crippen molar-refractivity contribution in [1.29, 1.82) is 0 Å². The molecule has 0 saturated carbocycles. The minimum Gasteiger partial charge on any atom is -0.458 e. The van der Waals surface area contributed by atoms with Gasteiger partial charge >= 0.3 is 5.97 Å². The zero-order chi connectivity index (χ0) is 20.3. The Bertz CT molecular complexity index is 548. The van der Waals surface area contributed by atoms with Crippen LogP contribution in [0.3, 0.4) is 0 Å². The molecule has 4 heteroatoms. The Labute approximate surface area is 159 Å². The minimum atomic E-state index is -1.07. The topological polar surface area (TPSA) is 66.8 Å². The molecule has 0 amide bonds. The highest BCUT2D eigenvalue weighted by atomic mass is 16.5. The van der Waals surface area contributed by atoms with Crippen molar-refractivity contribution >= 4 is 5.97 Å². The summed E-state index contributed by atoms with van der Waals surface area (Å²) in [6, 6.07) is 0. The van der Waals surface area contributed by atoms with E-state index >= 15 is 0 Å². The molecule has 0 rings (SSSR count). The number of ether oxygens (including phenoxy) is 1. The van der Waals surface area contributed by atoms with Crippen LogP contribution >= 0.6 is 0 Å². The fourth-order valence-corrected chi connectivity index (χ4v) is 2.64. The lowest BCUT2D eigenvalue weighted by molar-refractivity contribution is -0.144. The molecule has 148 valence electrons. The zero-order valence-corrected chi connectivity index (χ0v) is 17.2. The maximum atomic E-state index is 11.2. The maximum absolute atomic E-state index is 11.2. The van der Waals surface area contributed by atoms with E-state index in [1.165, 1.54) is 13.0 Å². The van der Waals surface area contributed by atoms with Crippen LogP contribution in [-0.2, 0) is 9.53 Å². The second kappa shape index (κ2) is 11.9. The highest BCUT2D eigenvalue weighted by molar-refractivity contribution is 5.66. The monoisotopic (exact) mass is 364 g/mol. The standard InChI is InChI=1S/C22H36O4/c1-8-22(7,25)15-20(24)13-17(4)10-9-11-18(5)14-21(12-16(2)3)26-19(6)23/h8,11-13,20-21,24-25H,1,9-10,14-15H2,2-7H3. The van der Waals surface area contributed by atoms with Gasteiger partial charge in [0.05, 0.1) is 11.7 Å². The van der Waals surface area contributed by atoms with Gasteiger partial charge in [0.2, 0.25) is 0 Å². The summed E-state index contributed by atoms with van der Waals surface area (Å²) in [6.45, 7) is 14.6. The molecular weight excluding hydrogens is 328 g/mol. The number of hydrogen-bond acceptors (Lipinski definition) is 4. The molecule has 3 unspecified atom stereocenters. The van der Waals surface area contributed by atoms with Gasteiger partial charge in [0.25, 0.3) is 0 Å². The highest BCUT2D eigenvalue weighted by Gasteiger charge is 2.19. The molecule has 0 spiro atoms. The average molecular weight is 365 g/mol. The van der Waals surface area contributed by atoms with Crippen LogP contribution in [0.1, 0.15) is 67.2 Å². The van der Waals surface area contributed by atoms with E-state index in [9.17, 15) is 15.0 Å². The molecule has 0 aliphatic heterocycles. The first-order valence-corrected chi connectivity index (χ1v) is 9.14. The third-order valence-corrected chi connectivity index (χ3v) is 3.93. The summed E-state index contributed by atoms with van der Waals surface area (Å²) >= 11 is 0. The quantitative estimate of drug-likeness (QED) is 0.414. The number of aliphatic hydroxyl groups is 2. The van der Waals surface area contributed by atoms with Crippen molar-refractivity contribution in [2.75, 3.05) is 0 Å². The molecule has 0 radical (unpaired) electrons. The minimum absolute atomic E-state index is 0.228. The lowest BCUT2D eigenvalue weighted by Crippen LogP contribution is -2.26. The van der Waals surface area contributed by atoms with Crippen molar-refractivity contribution in [3.05, 3.63) is 47.6 Å². The Morgan fingerprint density at radius 2 is 1.77 bits per heavy atom. The van der Waals surface area contributed by atoms with Gasteiger partial charge < -0.3 is 14.9 Å². The van der Waals surface area contributed by atoms with Gasteiger partial charge in [-0.15, -0.1) is 6.58 Å². The van der Waals surface area contributed by atoms with Crippen LogP contribution in [0.15, 0.2) is 47.6 Å². The Kier molecular flexibility index (Phi) is 11.1. The summed E-state index contributed by atoms with van der Waals surface area (Å²) in [5.41, 5.74) is 2.29. The number of rotatable bonds is 11. The van der Waals surface area contributed by atoms with E-state index in [-0.39, 0.29) is 18.5 Å². The van der Waals surface area contributed by atoms with Gasteiger partial charge in [0.1, 0.15) is 6.10 Å². The third kappa shape index (κ3) is 12.7. The van der Waals surface area contributed by atoms with Gasteiger partial charge in [0, 0.05) is 19.8 Å². The van der Waals surface area contributed by atoms with Gasteiger partial charge in [-0.2, -0.15) is 0 Å². The molecule has 0 saturated heterocycles. The zero-order valence-electron chi connectivity index (χ0n) is 17.2. The summed E-state index contributed by atoms with van der Waals surface area (Å²) in [5, 5.41) is 19.9. The number of allylic oxidation sites excluding steroid dienone is 3. The van der Waals surface area contributed by atoms with Crippen molar-refractivity contribution in [2.45, 2.75) is 85.0 Å². The van der Waals surface area contributed by atoms with E-state index in [1.807, 2.05) is 33.8 Å². The number of esters is 1. The van der Waals surface area contributed by atoms with Gasteiger partial charge in [-0.05, 0) is 53.5 Å². The highest BCUT2D eigenvalue weighted by Crippen LogP contribution is 2.17. The van der Waals surface area contributed by atoms with Gasteiger partial charge in [0.15, 0.2) is 0 Å². The molecular formula is C22H36O4. The molecule has 26 heavy (non-hydrogen) atoms. The van der Waals surface area contributed by atoms with E-state index < -0.39 is 11.7 Å². The van der Waals surface area contributed by atoms with Gasteiger partial charge in [-0.1, -0.05) is 34.9 Å². The van der Waals surface area contributed by atoms with Gasteiger partial charge in [-0.3, -0.25) is 4.79 Å². The maximum Gasteiger partial charge on any atom is 0.303 e. The second-order valence-electron chi connectivity index (χ2n) is 7.53. The molecule has 0 aromatic rings. The number of aliphatic hydroxyl groups excluding tert-OH is 1. The number of hydrogen-bond donors (Lipinski definition) is 2. The van der Waals surface area contributed by atoms with Crippen LogP contribution in [0.2, 0.25) is 0 Å². The van der Waals surface area contributed by atoms with Crippen molar-refractivity contribution in [3.8, 4) is 0 Å². The lowest BCUT2D eigenvalue weighted by Gasteiger charge is -2.20. The average Bonchev–Trinajstić information content (AvgIpc) is 2.44. The van der Waals surface area contributed by atoms with Crippen molar-refractivity contribution in [1.82, 2.24) is 0 Å². The summed E-state index contributed by atoms with van der Waals surface area (Å²) < 4.78 is 5.34. The Morgan fingerprint density at radius 1 is 1.15 bits per heavy atom. The smallest absolute Gasteiger partial charge is 0.303 e. The van der Waals surface area contributed by atoms with Crippen molar-refractivity contribution in [3.63, 3.8) is 0 Å². The molecule has 0 aromatic carbocycles. The summed E-state index contributed by atoms with van der Waals surface area (Å²) in [6.07, 6.45) is 8.99. The SMILES string of the molecule is C=CC(C)(O)CC(O)C=C(C)CCC=C(C)CC(C=C(C)C)OC(C)=O. The largest absolute Gasteiger partial charge is 0.458 e. The second-order valence-corrected chi connectivity index (χ2v) is 7.53. The first-order valence-electron chi connectivity index (χ1n) is 9.14. The molecule has 0 bridgehead atoms. The number of carbonyl (C=O) groups is 1. The Balaban J connectivity index is 4.60. The van der Waals surface area contributed by atoms with Crippen molar-refractivity contribution in [2.24, 2.45) is 0 Å². The van der Waals surface area contributed by atoms with Crippen LogP contribution in [-0.4, -0.2) is 34.0 Å². The van der Waals surface area contributed by atoms with Crippen LogP contribution < -0.4 is 0 Å². The molecule has 0 aliphatic carbocycles. The van der Waals surface area contributed by atoms with Crippen LogP contribution in [0.4, 0.5) is 0 Å². The Morgan fingerprint density at radius 3 is 2.27 bits per heavy atom. The van der Waals surface area contributed by atoms with E-state index in [4.69, 9.17) is 4.74 Å². The lowest BCUT2D eigenvalue weighted by atomic mass is 9.97. The summed E-state index contributed by atoms with van der Waals surface area (Å²) in [7, 11) is 0. The third-order valence-electron chi connectivity index (χ3n) is 3.93. The van der Waals surface area contributed by atoms with Gasteiger partial charge in [-0.25, -0.2) is 0 Å². The predicted octanol–water partition coefficient (Wildman–Crippen LogP) is 4.64. The van der Waals surface area contributed by atoms with E-state index in [0.29, 0.717) is 6.42 Å². The van der Waals surface area contributed by atoms with E-state index in [2.05, 4.69) is 12.7 Å². The molecule has 2 N–H and O–H groups in total. The molecule has 0 aromatic heterocycles. The molecule has 0 aliphatic rings.